The zero-order chi connectivity index (χ0) is 15.8. The van der Waals surface area contributed by atoms with Crippen molar-refractivity contribution in [1.82, 2.24) is 9.78 Å². The van der Waals surface area contributed by atoms with Gasteiger partial charge in [0.2, 0.25) is 0 Å². The molecule has 0 aliphatic carbocycles. The smallest absolute Gasteiger partial charge is 0.287 e. The lowest BCUT2D eigenvalue weighted by Crippen LogP contribution is -2.26. The minimum Gasteiger partial charge on any atom is -0.380 e. The van der Waals surface area contributed by atoms with Crippen LogP contribution in [-0.2, 0) is 11.3 Å². The molecule has 0 aliphatic rings. The fraction of sp³-hybridized carbons (Fsp3) is 0.733. The molecule has 1 aromatic rings. The SMILES string of the molecule is CC(C)CCOCCNc1cnn(CC(C)C)c(=O)c1Cl. The van der Waals surface area contributed by atoms with E-state index in [9.17, 15) is 4.79 Å². The maximum absolute atomic E-state index is 12.0. The molecule has 6 heteroatoms. The van der Waals surface area contributed by atoms with Gasteiger partial charge in [0.25, 0.3) is 5.56 Å². The van der Waals surface area contributed by atoms with Crippen molar-refractivity contribution in [2.75, 3.05) is 25.1 Å². The molecule has 0 amide bonds. The van der Waals surface area contributed by atoms with E-state index >= 15 is 0 Å². The standard InChI is InChI=1S/C15H26ClN3O2/c1-11(2)5-7-21-8-6-17-13-9-18-19(10-12(3)4)15(20)14(13)16/h9,11-12,17H,5-8,10H2,1-4H3. The number of nitrogens with zero attached hydrogens (tertiary/aromatic N) is 2. The molecule has 5 nitrogen and oxygen atoms in total. The Hall–Kier alpha value is -1.07. The summed E-state index contributed by atoms with van der Waals surface area (Å²) in [5.41, 5.74) is 0.310. The topological polar surface area (TPSA) is 56.1 Å². The summed E-state index contributed by atoms with van der Waals surface area (Å²) in [6, 6.07) is 0. The summed E-state index contributed by atoms with van der Waals surface area (Å²) >= 11 is 6.09. The van der Waals surface area contributed by atoms with Gasteiger partial charge in [0, 0.05) is 19.7 Å². The van der Waals surface area contributed by atoms with Gasteiger partial charge in [-0.05, 0) is 18.3 Å². The molecule has 0 radical (unpaired) electrons. The van der Waals surface area contributed by atoms with Gasteiger partial charge in [-0.2, -0.15) is 5.10 Å². The van der Waals surface area contributed by atoms with Gasteiger partial charge < -0.3 is 10.1 Å². The van der Waals surface area contributed by atoms with Crippen LogP contribution in [0.25, 0.3) is 0 Å². The fourth-order valence-corrected chi connectivity index (χ4v) is 1.96. The molecule has 1 N–H and O–H groups in total. The first-order chi connectivity index (χ1) is 9.91. The molecule has 1 rings (SSSR count). The van der Waals surface area contributed by atoms with Crippen molar-refractivity contribution >= 4 is 17.3 Å². The number of rotatable bonds is 9. The normalized spacial score (nSPS) is 11.4. The molecule has 0 spiro atoms. The minimum atomic E-state index is -0.254. The minimum absolute atomic E-state index is 0.188. The van der Waals surface area contributed by atoms with Crippen molar-refractivity contribution in [3.05, 3.63) is 21.6 Å². The summed E-state index contributed by atoms with van der Waals surface area (Å²) in [5, 5.41) is 7.41. The van der Waals surface area contributed by atoms with E-state index in [-0.39, 0.29) is 10.6 Å². The molecule has 0 bridgehead atoms. The summed E-state index contributed by atoms with van der Waals surface area (Å²) in [7, 11) is 0. The van der Waals surface area contributed by atoms with E-state index in [2.05, 4.69) is 24.3 Å². The zero-order valence-corrected chi connectivity index (χ0v) is 14.1. The van der Waals surface area contributed by atoms with Gasteiger partial charge in [-0.15, -0.1) is 0 Å². The molecule has 0 aromatic carbocycles. The third-order valence-corrected chi connectivity index (χ3v) is 3.29. The first-order valence-electron chi connectivity index (χ1n) is 7.49. The van der Waals surface area contributed by atoms with Crippen molar-refractivity contribution in [2.24, 2.45) is 11.8 Å². The van der Waals surface area contributed by atoms with Crippen molar-refractivity contribution in [3.8, 4) is 0 Å². The molecule has 0 aliphatic heterocycles. The van der Waals surface area contributed by atoms with Crippen LogP contribution in [0.5, 0.6) is 0 Å². The summed E-state index contributed by atoms with van der Waals surface area (Å²) in [6.45, 7) is 10.9. The highest BCUT2D eigenvalue weighted by Crippen LogP contribution is 2.15. The Morgan fingerprint density at radius 1 is 1.29 bits per heavy atom. The van der Waals surface area contributed by atoms with Crippen molar-refractivity contribution in [2.45, 2.75) is 40.7 Å². The molecular formula is C15H26ClN3O2. The number of halogens is 1. The maximum Gasteiger partial charge on any atom is 0.287 e. The molecule has 0 saturated heterocycles. The van der Waals surface area contributed by atoms with E-state index in [0.29, 0.717) is 37.2 Å². The van der Waals surface area contributed by atoms with Crippen LogP contribution in [0.15, 0.2) is 11.0 Å². The molecule has 0 atom stereocenters. The predicted molar refractivity (Wildman–Crippen MR) is 87.1 cm³/mol. The average Bonchev–Trinajstić information content (AvgIpc) is 2.40. The van der Waals surface area contributed by atoms with E-state index in [1.807, 2.05) is 13.8 Å². The van der Waals surface area contributed by atoms with E-state index in [4.69, 9.17) is 16.3 Å². The second-order valence-electron chi connectivity index (χ2n) is 5.98. The Morgan fingerprint density at radius 2 is 2.00 bits per heavy atom. The first kappa shape index (κ1) is 18.0. The summed E-state index contributed by atoms with van der Waals surface area (Å²) in [4.78, 5) is 12.0. The van der Waals surface area contributed by atoms with Crippen LogP contribution in [0, 0.1) is 11.8 Å². The van der Waals surface area contributed by atoms with Gasteiger partial charge in [0.05, 0.1) is 18.5 Å². The quantitative estimate of drug-likeness (QED) is 0.712. The summed E-state index contributed by atoms with van der Waals surface area (Å²) in [6.07, 6.45) is 2.65. The molecule has 1 aromatic heterocycles. The molecule has 0 fully saturated rings. The van der Waals surface area contributed by atoms with Gasteiger partial charge in [0.15, 0.2) is 0 Å². The van der Waals surface area contributed by atoms with Crippen molar-refractivity contribution in [1.29, 1.82) is 0 Å². The lowest BCUT2D eigenvalue weighted by atomic mass is 10.1. The zero-order valence-electron chi connectivity index (χ0n) is 13.4. The van der Waals surface area contributed by atoms with E-state index in [0.717, 1.165) is 13.0 Å². The highest BCUT2D eigenvalue weighted by molar-refractivity contribution is 6.32. The highest BCUT2D eigenvalue weighted by atomic mass is 35.5. The van der Waals surface area contributed by atoms with Crippen LogP contribution < -0.4 is 10.9 Å². The van der Waals surface area contributed by atoms with Crippen LogP contribution in [0.1, 0.15) is 34.1 Å². The number of nitrogens with one attached hydrogen (secondary N) is 1. The number of hydrogen-bond donors (Lipinski definition) is 1. The van der Waals surface area contributed by atoms with Crippen LogP contribution in [0.3, 0.4) is 0 Å². The lowest BCUT2D eigenvalue weighted by Gasteiger charge is -2.12. The van der Waals surface area contributed by atoms with Crippen molar-refractivity contribution < 1.29 is 4.74 Å². The fourth-order valence-electron chi connectivity index (χ4n) is 1.74. The molecule has 21 heavy (non-hydrogen) atoms. The number of anilines is 1. The average molecular weight is 316 g/mol. The third kappa shape index (κ3) is 6.48. The predicted octanol–water partition coefficient (Wildman–Crippen LogP) is 3.03. The van der Waals surface area contributed by atoms with Gasteiger partial charge >= 0.3 is 0 Å². The van der Waals surface area contributed by atoms with Gasteiger partial charge in [-0.1, -0.05) is 39.3 Å². The lowest BCUT2D eigenvalue weighted by molar-refractivity contribution is 0.132. The Bertz CT molecular complexity index is 486. The van der Waals surface area contributed by atoms with E-state index in [1.54, 1.807) is 6.20 Å². The van der Waals surface area contributed by atoms with Crippen LogP contribution >= 0.6 is 11.6 Å². The summed E-state index contributed by atoms with van der Waals surface area (Å²) in [5.74, 6) is 0.990. The number of ether oxygens (including phenoxy) is 1. The highest BCUT2D eigenvalue weighted by Gasteiger charge is 2.09. The van der Waals surface area contributed by atoms with Crippen molar-refractivity contribution in [3.63, 3.8) is 0 Å². The van der Waals surface area contributed by atoms with E-state index in [1.165, 1.54) is 4.68 Å². The number of aromatic nitrogens is 2. The molecular weight excluding hydrogens is 290 g/mol. The monoisotopic (exact) mass is 315 g/mol. The maximum atomic E-state index is 12.0. The first-order valence-corrected chi connectivity index (χ1v) is 7.86. The Balaban J connectivity index is 2.46. The molecule has 0 saturated carbocycles. The van der Waals surface area contributed by atoms with Crippen LogP contribution in [0.4, 0.5) is 5.69 Å². The van der Waals surface area contributed by atoms with Gasteiger partial charge in [-0.25, -0.2) is 4.68 Å². The largest absolute Gasteiger partial charge is 0.380 e. The van der Waals surface area contributed by atoms with Crippen LogP contribution in [0.2, 0.25) is 5.02 Å². The van der Waals surface area contributed by atoms with Gasteiger partial charge in [-0.3, -0.25) is 4.79 Å². The second kappa shape index (κ2) is 9.05. The summed E-state index contributed by atoms with van der Waals surface area (Å²) < 4.78 is 6.90. The van der Waals surface area contributed by atoms with E-state index < -0.39 is 0 Å². The second-order valence-corrected chi connectivity index (χ2v) is 6.35. The van der Waals surface area contributed by atoms with Crippen LogP contribution in [-0.4, -0.2) is 29.5 Å². The van der Waals surface area contributed by atoms with Gasteiger partial charge in [0.1, 0.15) is 5.02 Å². The Morgan fingerprint density at radius 3 is 2.62 bits per heavy atom. The molecule has 1 heterocycles. The Labute approximate surface area is 131 Å². The number of hydrogen-bond acceptors (Lipinski definition) is 4. The molecule has 120 valence electrons. The molecule has 0 unspecified atom stereocenters. The third-order valence-electron chi connectivity index (χ3n) is 2.92. The Kier molecular flexibility index (Phi) is 7.75.